The second kappa shape index (κ2) is 9.16. The van der Waals surface area contributed by atoms with E-state index in [-0.39, 0.29) is 29.5 Å². The molecule has 2 rings (SSSR count). The molecule has 0 bridgehead atoms. The molecule has 1 aromatic rings. The number of aliphatic hydroxyl groups is 1. The van der Waals surface area contributed by atoms with E-state index in [4.69, 9.17) is 9.84 Å². The molecule has 1 saturated heterocycles. The Morgan fingerprint density at radius 2 is 1.93 bits per heavy atom. The number of carbonyl (C=O) groups excluding carboxylic acids is 2. The normalized spacial score (nSPS) is 14.4. The zero-order valence-corrected chi connectivity index (χ0v) is 16.3. The first-order chi connectivity index (χ1) is 12.8. The Bertz CT molecular complexity index is 788. The van der Waals surface area contributed by atoms with Crippen molar-refractivity contribution in [2.24, 2.45) is 0 Å². The maximum atomic E-state index is 12.5. The molecule has 1 aliphatic rings. The highest BCUT2D eigenvalue weighted by Crippen LogP contribution is 2.23. The highest BCUT2D eigenvalue weighted by molar-refractivity contribution is 7.89. The minimum Gasteiger partial charge on any atom is -0.452 e. The summed E-state index contributed by atoms with van der Waals surface area (Å²) >= 11 is 0. The number of benzene rings is 1. The van der Waals surface area contributed by atoms with Crippen molar-refractivity contribution in [1.82, 2.24) is 9.21 Å². The molecule has 1 aliphatic heterocycles. The van der Waals surface area contributed by atoms with Crippen molar-refractivity contribution in [3.05, 3.63) is 23.8 Å². The molecule has 10 heteroatoms. The second-order valence-electron chi connectivity index (χ2n) is 6.31. The van der Waals surface area contributed by atoms with Crippen molar-refractivity contribution in [3.63, 3.8) is 0 Å². The molecule has 0 atom stereocenters. The first-order valence-electron chi connectivity index (χ1n) is 8.63. The Morgan fingerprint density at radius 3 is 2.52 bits per heavy atom. The zero-order chi connectivity index (χ0) is 20.0. The number of amides is 1. The van der Waals surface area contributed by atoms with Crippen molar-refractivity contribution >= 4 is 27.6 Å². The van der Waals surface area contributed by atoms with Crippen LogP contribution in [0, 0.1) is 0 Å². The van der Waals surface area contributed by atoms with Gasteiger partial charge in [-0.2, -0.15) is 0 Å². The summed E-state index contributed by atoms with van der Waals surface area (Å²) in [5, 5.41) is 11.8. The van der Waals surface area contributed by atoms with Gasteiger partial charge in [-0.15, -0.1) is 0 Å². The van der Waals surface area contributed by atoms with Crippen molar-refractivity contribution in [1.29, 1.82) is 0 Å². The van der Waals surface area contributed by atoms with Gasteiger partial charge in [0.1, 0.15) is 0 Å². The molecule has 2 N–H and O–H groups in total. The molecular weight excluding hydrogens is 374 g/mol. The van der Waals surface area contributed by atoms with Crippen LogP contribution in [0.25, 0.3) is 0 Å². The quantitative estimate of drug-likeness (QED) is 0.597. The smallest absolute Gasteiger partial charge is 0.340 e. The highest BCUT2D eigenvalue weighted by atomic mass is 32.2. The third-order valence-corrected chi connectivity index (χ3v) is 6.01. The van der Waals surface area contributed by atoms with Gasteiger partial charge >= 0.3 is 5.97 Å². The molecule has 1 amide bonds. The van der Waals surface area contributed by atoms with Gasteiger partial charge in [-0.05, 0) is 31.0 Å². The maximum absolute atomic E-state index is 12.5. The topological polar surface area (TPSA) is 116 Å². The first-order valence-corrected chi connectivity index (χ1v) is 10.1. The molecule has 0 aliphatic carbocycles. The third-order valence-electron chi connectivity index (χ3n) is 4.20. The van der Waals surface area contributed by atoms with Crippen LogP contribution in [-0.2, 0) is 19.6 Å². The monoisotopic (exact) mass is 399 g/mol. The summed E-state index contributed by atoms with van der Waals surface area (Å²) in [6.45, 7) is 0.905. The summed E-state index contributed by atoms with van der Waals surface area (Å²) in [5.41, 5.74) is 0.306. The van der Waals surface area contributed by atoms with Crippen LogP contribution in [0.4, 0.5) is 5.69 Å². The summed E-state index contributed by atoms with van der Waals surface area (Å²) in [7, 11) is -0.964. The minimum absolute atomic E-state index is 0.0133. The predicted molar refractivity (Wildman–Crippen MR) is 99.0 cm³/mol. The van der Waals surface area contributed by atoms with E-state index in [0.29, 0.717) is 18.8 Å². The van der Waals surface area contributed by atoms with Gasteiger partial charge in [-0.1, -0.05) is 0 Å². The summed E-state index contributed by atoms with van der Waals surface area (Å²) in [6, 6.07) is 4.00. The molecule has 0 aromatic heterocycles. The van der Waals surface area contributed by atoms with Crippen molar-refractivity contribution in [2.45, 2.75) is 17.7 Å². The van der Waals surface area contributed by atoms with E-state index < -0.39 is 22.6 Å². The van der Waals surface area contributed by atoms with Crippen molar-refractivity contribution in [2.75, 3.05) is 52.3 Å². The van der Waals surface area contributed by atoms with Crippen LogP contribution in [0.5, 0.6) is 0 Å². The van der Waals surface area contributed by atoms with Crippen LogP contribution in [0.2, 0.25) is 0 Å². The number of rotatable bonds is 8. The number of nitrogens with zero attached hydrogens (tertiary/aromatic N) is 2. The van der Waals surface area contributed by atoms with Crippen LogP contribution in [0.1, 0.15) is 23.2 Å². The lowest BCUT2D eigenvalue weighted by molar-refractivity contribution is -0.133. The summed E-state index contributed by atoms with van der Waals surface area (Å²) in [5.74, 6) is -1.08. The summed E-state index contributed by atoms with van der Waals surface area (Å²) in [4.78, 5) is 26.1. The molecule has 0 spiro atoms. The number of hydrogen-bond acceptors (Lipinski definition) is 7. The van der Waals surface area contributed by atoms with Crippen molar-refractivity contribution in [3.8, 4) is 0 Å². The van der Waals surface area contributed by atoms with Crippen LogP contribution >= 0.6 is 0 Å². The number of hydrogen-bond donors (Lipinski definition) is 2. The highest BCUT2D eigenvalue weighted by Gasteiger charge is 2.24. The number of carbonyl (C=O) groups is 2. The molecule has 1 aromatic carbocycles. The number of anilines is 1. The fraction of sp³-hybridized carbons (Fsp3) is 0.529. The lowest BCUT2D eigenvalue weighted by Gasteiger charge is -2.17. The lowest BCUT2D eigenvalue weighted by atomic mass is 10.2. The van der Waals surface area contributed by atoms with Gasteiger partial charge in [0.25, 0.3) is 5.91 Å². The van der Waals surface area contributed by atoms with Crippen molar-refractivity contribution < 1.29 is 27.9 Å². The molecule has 27 heavy (non-hydrogen) atoms. The number of esters is 1. The Hall–Kier alpha value is -2.17. The molecular formula is C17H25N3O6S. The maximum Gasteiger partial charge on any atom is 0.340 e. The van der Waals surface area contributed by atoms with Gasteiger partial charge < -0.3 is 20.1 Å². The van der Waals surface area contributed by atoms with Crippen LogP contribution in [-0.4, -0.2) is 81.5 Å². The zero-order valence-electron chi connectivity index (χ0n) is 15.5. The molecule has 0 radical (unpaired) electrons. The number of ether oxygens (including phenoxy) is 1. The number of nitrogens with one attached hydrogen (secondary N) is 1. The number of likely N-dealkylation sites (tertiary alicyclic amines) is 1. The lowest BCUT2D eigenvalue weighted by Crippen LogP contribution is -2.32. The van der Waals surface area contributed by atoms with E-state index in [9.17, 15) is 18.0 Å². The molecule has 9 nitrogen and oxygen atoms in total. The Morgan fingerprint density at radius 1 is 1.26 bits per heavy atom. The first kappa shape index (κ1) is 21.1. The summed E-state index contributed by atoms with van der Waals surface area (Å²) < 4.78 is 30.8. The van der Waals surface area contributed by atoms with Gasteiger partial charge in [-0.3, -0.25) is 4.79 Å². The fourth-order valence-electron chi connectivity index (χ4n) is 2.67. The van der Waals surface area contributed by atoms with E-state index in [1.165, 1.54) is 32.3 Å². The van der Waals surface area contributed by atoms with E-state index >= 15 is 0 Å². The largest absolute Gasteiger partial charge is 0.452 e. The predicted octanol–water partition coefficient (Wildman–Crippen LogP) is 0.120. The molecule has 0 unspecified atom stereocenters. The van der Waals surface area contributed by atoms with Gasteiger partial charge in [0, 0.05) is 39.4 Å². The SMILES string of the molecule is CN(C)S(=O)(=O)c1ccc(NCCO)c(C(=O)OCC(=O)N2CCCC2)c1. The second-order valence-corrected chi connectivity index (χ2v) is 8.46. The fourth-order valence-corrected chi connectivity index (χ4v) is 3.60. The van der Waals surface area contributed by atoms with Crippen LogP contribution in [0.3, 0.4) is 0 Å². The van der Waals surface area contributed by atoms with E-state index in [0.717, 1.165) is 17.1 Å². The number of aliphatic hydroxyl groups excluding tert-OH is 1. The van der Waals surface area contributed by atoms with Gasteiger partial charge in [-0.25, -0.2) is 17.5 Å². The average molecular weight is 399 g/mol. The van der Waals surface area contributed by atoms with Gasteiger partial charge in [0.15, 0.2) is 6.61 Å². The van der Waals surface area contributed by atoms with Gasteiger partial charge in [0.2, 0.25) is 10.0 Å². The molecule has 1 heterocycles. The van der Waals surface area contributed by atoms with E-state index in [1.54, 1.807) is 4.90 Å². The third kappa shape index (κ3) is 5.18. The Balaban J connectivity index is 2.21. The summed E-state index contributed by atoms with van der Waals surface area (Å²) in [6.07, 6.45) is 1.86. The Kier molecular flexibility index (Phi) is 7.17. The van der Waals surface area contributed by atoms with E-state index in [1.807, 2.05) is 0 Å². The number of sulfonamides is 1. The Labute approximate surface area is 159 Å². The standard InChI is InChI=1S/C17H25N3O6S/c1-19(2)27(24,25)13-5-6-15(18-7-10-21)14(11-13)17(23)26-12-16(22)20-8-3-4-9-20/h5-6,11,18,21H,3-4,7-10,12H2,1-2H3. The van der Waals surface area contributed by atoms with Gasteiger partial charge in [0.05, 0.1) is 17.1 Å². The molecule has 0 saturated carbocycles. The van der Waals surface area contributed by atoms with Crippen LogP contribution in [0.15, 0.2) is 23.1 Å². The average Bonchev–Trinajstić information content (AvgIpc) is 3.18. The van der Waals surface area contributed by atoms with Crippen LogP contribution < -0.4 is 5.32 Å². The van der Waals surface area contributed by atoms with E-state index in [2.05, 4.69) is 5.32 Å². The minimum atomic E-state index is -3.74. The molecule has 150 valence electrons. The molecule has 1 fully saturated rings.